The monoisotopic (exact) mass is 367 g/mol. The topological polar surface area (TPSA) is 64.4 Å². The molecule has 7 heteroatoms. The fraction of sp³-hybridized carbons (Fsp3) is 0.250. The van der Waals surface area contributed by atoms with Crippen LogP contribution in [-0.4, -0.2) is 40.3 Å². The molecule has 2 heterocycles. The van der Waals surface area contributed by atoms with Crippen molar-refractivity contribution in [1.29, 1.82) is 0 Å². The number of amides is 1. The Bertz CT molecular complexity index is 1060. The second kappa shape index (κ2) is 6.92. The third kappa shape index (κ3) is 3.21. The Morgan fingerprint density at radius 2 is 1.85 bits per heavy atom. The molecule has 0 aliphatic carbocycles. The van der Waals surface area contributed by atoms with Crippen LogP contribution in [0.5, 0.6) is 0 Å². The highest BCUT2D eigenvalue weighted by atomic mass is 19.1. The number of carbonyl (C=O) groups excluding carboxylic acids is 1. The lowest BCUT2D eigenvalue weighted by molar-refractivity contribution is -0.0230. The van der Waals surface area contributed by atoms with Crippen LogP contribution in [-0.2, 0) is 11.8 Å². The molecule has 1 aliphatic rings. The van der Waals surface area contributed by atoms with Crippen LogP contribution in [0.1, 0.15) is 22.2 Å². The van der Waals surface area contributed by atoms with E-state index in [1.165, 1.54) is 23.9 Å². The fourth-order valence-electron chi connectivity index (χ4n) is 3.32. The third-order valence-corrected chi connectivity index (χ3v) is 4.75. The lowest BCUT2D eigenvalue weighted by atomic mass is 10.1. The van der Waals surface area contributed by atoms with Crippen molar-refractivity contribution in [1.82, 2.24) is 14.7 Å². The smallest absolute Gasteiger partial charge is 0.275 e. The maximum absolute atomic E-state index is 13.2. The molecule has 0 bridgehead atoms. The Labute approximate surface area is 154 Å². The van der Waals surface area contributed by atoms with Gasteiger partial charge in [0, 0.05) is 19.0 Å². The number of carbonyl (C=O) groups is 1. The molecular formula is C20H18FN3O3. The summed E-state index contributed by atoms with van der Waals surface area (Å²) < 4.78 is 20.1. The highest BCUT2D eigenvalue weighted by Crippen LogP contribution is 2.24. The Morgan fingerprint density at radius 1 is 1.15 bits per heavy atom. The van der Waals surface area contributed by atoms with E-state index in [1.807, 2.05) is 0 Å². The lowest BCUT2D eigenvalue weighted by Crippen LogP contribution is -2.43. The second-order valence-corrected chi connectivity index (χ2v) is 6.49. The van der Waals surface area contributed by atoms with Gasteiger partial charge in [-0.25, -0.2) is 9.07 Å². The minimum Gasteiger partial charge on any atom is -0.370 e. The van der Waals surface area contributed by atoms with Crippen molar-refractivity contribution in [3.63, 3.8) is 0 Å². The lowest BCUT2D eigenvalue weighted by Gasteiger charge is -2.33. The number of fused-ring (bicyclic) bond motifs is 1. The molecule has 2 aromatic carbocycles. The van der Waals surface area contributed by atoms with Crippen molar-refractivity contribution in [2.24, 2.45) is 7.05 Å². The Balaban J connectivity index is 1.67. The zero-order valence-corrected chi connectivity index (χ0v) is 14.8. The molecule has 1 saturated heterocycles. The quantitative estimate of drug-likeness (QED) is 0.697. The number of aromatic nitrogens is 2. The fourth-order valence-corrected chi connectivity index (χ4v) is 3.32. The molecule has 6 nitrogen and oxygen atoms in total. The van der Waals surface area contributed by atoms with E-state index in [1.54, 1.807) is 41.3 Å². The molecule has 1 atom stereocenters. The van der Waals surface area contributed by atoms with Gasteiger partial charge in [-0.1, -0.05) is 30.3 Å². The van der Waals surface area contributed by atoms with E-state index in [2.05, 4.69) is 5.10 Å². The van der Waals surface area contributed by atoms with E-state index in [4.69, 9.17) is 4.74 Å². The summed E-state index contributed by atoms with van der Waals surface area (Å²) in [6, 6.07) is 13.0. The number of hydrogen-bond acceptors (Lipinski definition) is 4. The summed E-state index contributed by atoms with van der Waals surface area (Å²) in [4.78, 5) is 27.1. The molecule has 27 heavy (non-hydrogen) atoms. The average Bonchev–Trinajstić information content (AvgIpc) is 2.71. The Hall–Kier alpha value is -3.06. The molecule has 1 unspecified atom stereocenters. The van der Waals surface area contributed by atoms with Crippen LogP contribution in [0.15, 0.2) is 53.3 Å². The predicted octanol–water partition coefficient (Wildman–Crippen LogP) is 2.29. The first-order valence-corrected chi connectivity index (χ1v) is 8.67. The number of ether oxygens (including phenoxy) is 1. The van der Waals surface area contributed by atoms with Crippen molar-refractivity contribution in [2.45, 2.75) is 6.10 Å². The standard InChI is InChI=1S/C20H18FN3O3/c1-23-19(25)16-5-3-2-4-15(16)18(22-23)20(26)24-10-11-27-17(12-24)13-6-8-14(21)9-7-13/h2-9,17H,10-12H2,1H3. The van der Waals surface area contributed by atoms with Gasteiger partial charge in [-0.15, -0.1) is 0 Å². The number of nitrogens with zero attached hydrogens (tertiary/aromatic N) is 3. The average molecular weight is 367 g/mol. The van der Waals surface area contributed by atoms with E-state index >= 15 is 0 Å². The highest BCUT2D eigenvalue weighted by molar-refractivity contribution is 6.04. The first-order valence-electron chi connectivity index (χ1n) is 8.67. The van der Waals surface area contributed by atoms with E-state index in [9.17, 15) is 14.0 Å². The molecule has 1 fully saturated rings. The first kappa shape index (κ1) is 17.4. The zero-order chi connectivity index (χ0) is 19.0. The molecule has 1 aliphatic heterocycles. The second-order valence-electron chi connectivity index (χ2n) is 6.49. The Morgan fingerprint density at radius 3 is 2.59 bits per heavy atom. The molecule has 0 N–H and O–H groups in total. The van der Waals surface area contributed by atoms with Gasteiger partial charge in [-0.05, 0) is 23.8 Å². The minimum atomic E-state index is -0.331. The van der Waals surface area contributed by atoms with Crippen LogP contribution in [0.25, 0.3) is 10.8 Å². The van der Waals surface area contributed by atoms with Gasteiger partial charge in [0.1, 0.15) is 11.9 Å². The maximum atomic E-state index is 13.2. The van der Waals surface area contributed by atoms with Crippen LogP contribution in [0.4, 0.5) is 4.39 Å². The maximum Gasteiger partial charge on any atom is 0.275 e. The van der Waals surface area contributed by atoms with Crippen LogP contribution >= 0.6 is 0 Å². The largest absolute Gasteiger partial charge is 0.370 e. The van der Waals surface area contributed by atoms with E-state index in [0.717, 1.165) is 5.56 Å². The molecule has 0 spiro atoms. The predicted molar refractivity (Wildman–Crippen MR) is 98.0 cm³/mol. The van der Waals surface area contributed by atoms with Gasteiger partial charge in [0.25, 0.3) is 11.5 Å². The van der Waals surface area contributed by atoms with Crippen molar-refractivity contribution >= 4 is 16.7 Å². The number of hydrogen-bond donors (Lipinski definition) is 0. The first-order chi connectivity index (χ1) is 13.0. The normalized spacial score (nSPS) is 17.3. The molecule has 138 valence electrons. The van der Waals surface area contributed by atoms with Gasteiger partial charge < -0.3 is 9.64 Å². The molecular weight excluding hydrogens is 349 g/mol. The van der Waals surface area contributed by atoms with Crippen molar-refractivity contribution < 1.29 is 13.9 Å². The summed E-state index contributed by atoms with van der Waals surface area (Å²) in [5.41, 5.74) is 0.813. The van der Waals surface area contributed by atoms with Gasteiger partial charge in [0.15, 0.2) is 5.69 Å². The molecule has 3 aromatic rings. The summed E-state index contributed by atoms with van der Waals surface area (Å²) in [7, 11) is 1.53. The number of aryl methyl sites for hydroxylation is 1. The van der Waals surface area contributed by atoms with Crippen LogP contribution in [0, 0.1) is 5.82 Å². The molecule has 1 amide bonds. The summed E-state index contributed by atoms with van der Waals surface area (Å²) >= 11 is 0. The highest BCUT2D eigenvalue weighted by Gasteiger charge is 2.28. The minimum absolute atomic E-state index is 0.242. The SMILES string of the molecule is Cn1nc(C(=O)N2CCOC(c3ccc(F)cc3)C2)c2ccccc2c1=O. The van der Waals surface area contributed by atoms with Crippen molar-refractivity contribution in [2.75, 3.05) is 19.7 Å². The van der Waals surface area contributed by atoms with Gasteiger partial charge >= 0.3 is 0 Å². The number of rotatable bonds is 2. The summed E-state index contributed by atoms with van der Waals surface area (Å²) in [6.45, 7) is 1.14. The van der Waals surface area contributed by atoms with Crippen LogP contribution in [0.2, 0.25) is 0 Å². The van der Waals surface area contributed by atoms with Gasteiger partial charge in [-0.2, -0.15) is 5.10 Å². The zero-order valence-electron chi connectivity index (χ0n) is 14.8. The number of benzene rings is 2. The third-order valence-electron chi connectivity index (χ3n) is 4.75. The van der Waals surface area contributed by atoms with Crippen molar-refractivity contribution in [3.8, 4) is 0 Å². The van der Waals surface area contributed by atoms with Gasteiger partial charge in [0.05, 0.1) is 18.5 Å². The summed E-state index contributed by atoms with van der Waals surface area (Å²) in [5.74, 6) is -0.569. The molecule has 0 saturated carbocycles. The van der Waals surface area contributed by atoms with Crippen LogP contribution in [0.3, 0.4) is 0 Å². The van der Waals surface area contributed by atoms with E-state index in [0.29, 0.717) is 30.5 Å². The van der Waals surface area contributed by atoms with Crippen molar-refractivity contribution in [3.05, 3.63) is 76.0 Å². The van der Waals surface area contributed by atoms with E-state index in [-0.39, 0.29) is 29.1 Å². The number of morpholine rings is 1. The van der Waals surface area contributed by atoms with Gasteiger partial charge in [-0.3, -0.25) is 9.59 Å². The summed E-state index contributed by atoms with van der Waals surface area (Å²) in [6.07, 6.45) is -0.331. The Kier molecular flexibility index (Phi) is 4.45. The van der Waals surface area contributed by atoms with Gasteiger partial charge in [0.2, 0.25) is 0 Å². The molecule has 0 radical (unpaired) electrons. The van der Waals surface area contributed by atoms with E-state index < -0.39 is 0 Å². The molecule has 1 aromatic heterocycles. The summed E-state index contributed by atoms with van der Waals surface area (Å²) in [5, 5.41) is 5.21. The number of halogens is 1. The van der Waals surface area contributed by atoms with Crippen LogP contribution < -0.4 is 5.56 Å². The molecule has 4 rings (SSSR count).